The van der Waals surface area contributed by atoms with Gasteiger partial charge in [-0.2, -0.15) is 0 Å². The molecule has 0 saturated carbocycles. The number of fused-ring (bicyclic) bond motifs is 2. The second-order valence-corrected chi connectivity index (χ2v) is 5.69. The Morgan fingerprint density at radius 1 is 1.17 bits per heavy atom. The van der Waals surface area contributed by atoms with Gasteiger partial charge in [0.1, 0.15) is 0 Å². The average molecular weight is 277 g/mol. The molecular formula is C16H14Cl2. The second-order valence-electron chi connectivity index (χ2n) is 4.71. The minimum absolute atomic E-state index is 0.0596. The molecule has 18 heavy (non-hydrogen) atoms. The highest BCUT2D eigenvalue weighted by molar-refractivity contribution is 6.30. The predicted octanol–water partition coefficient (Wildman–Crippen LogP) is 5.19. The van der Waals surface area contributed by atoms with Crippen molar-refractivity contribution in [1.82, 2.24) is 0 Å². The number of hydrogen-bond donors (Lipinski definition) is 0. The molecule has 0 heterocycles. The number of alkyl halides is 1. The Labute approximate surface area is 118 Å². The lowest BCUT2D eigenvalue weighted by atomic mass is 9.86. The Hall–Kier alpha value is -0.980. The summed E-state index contributed by atoms with van der Waals surface area (Å²) in [5, 5.41) is 0.988. The molecular weight excluding hydrogens is 263 g/mol. The summed E-state index contributed by atoms with van der Waals surface area (Å²) < 4.78 is 0. The fraction of sp³-hybridized carbons (Fsp3) is 0.250. The number of allylic oxidation sites excluding steroid dienone is 12. The standard InChI is InChI=1S/C16H14Cl2/c17-15-7-3-5-11-8-9-16(18)13-6-2-1-4-12(13)10-14(11)15/h1-3,5-6,8,10,16H,4,7,9H2/b11-8-,12-10-. The van der Waals surface area contributed by atoms with E-state index in [9.17, 15) is 0 Å². The molecule has 1 atom stereocenters. The van der Waals surface area contributed by atoms with Crippen LogP contribution in [0.3, 0.4) is 0 Å². The van der Waals surface area contributed by atoms with Crippen molar-refractivity contribution in [3.05, 3.63) is 69.9 Å². The van der Waals surface area contributed by atoms with E-state index in [1.165, 1.54) is 22.3 Å². The summed E-state index contributed by atoms with van der Waals surface area (Å²) in [6.45, 7) is 0. The molecule has 0 saturated heterocycles. The molecule has 0 N–H and O–H groups in total. The normalized spacial score (nSPS) is 32.3. The van der Waals surface area contributed by atoms with E-state index in [1.54, 1.807) is 0 Å². The molecule has 0 spiro atoms. The largest absolute Gasteiger partial charge is 0.117 e. The number of hydrogen-bond acceptors (Lipinski definition) is 0. The van der Waals surface area contributed by atoms with Crippen LogP contribution in [0.15, 0.2) is 69.9 Å². The minimum Gasteiger partial charge on any atom is -0.117 e. The van der Waals surface area contributed by atoms with Gasteiger partial charge in [0, 0.05) is 11.5 Å². The van der Waals surface area contributed by atoms with E-state index in [4.69, 9.17) is 23.2 Å². The highest BCUT2D eigenvalue weighted by atomic mass is 35.5. The zero-order chi connectivity index (χ0) is 12.5. The minimum atomic E-state index is 0.0596. The summed E-state index contributed by atoms with van der Waals surface area (Å²) in [4.78, 5) is 0. The maximum Gasteiger partial charge on any atom is 0.0622 e. The van der Waals surface area contributed by atoms with Crippen LogP contribution in [0.4, 0.5) is 0 Å². The van der Waals surface area contributed by atoms with Crippen LogP contribution < -0.4 is 0 Å². The van der Waals surface area contributed by atoms with Gasteiger partial charge in [0.25, 0.3) is 0 Å². The van der Waals surface area contributed by atoms with Crippen LogP contribution in [0.5, 0.6) is 0 Å². The van der Waals surface area contributed by atoms with Crippen LogP contribution in [-0.4, -0.2) is 5.38 Å². The maximum absolute atomic E-state index is 6.47. The van der Waals surface area contributed by atoms with Crippen molar-refractivity contribution in [2.75, 3.05) is 0 Å². The SMILES string of the molecule is ClC1=C2/C=C3/CC=CC=C3C(Cl)C/C=C\2C=CC1. The predicted molar refractivity (Wildman–Crippen MR) is 78.9 cm³/mol. The van der Waals surface area contributed by atoms with Crippen molar-refractivity contribution in [1.29, 1.82) is 0 Å². The Balaban J connectivity index is 2.11. The first kappa shape index (κ1) is 12.1. The van der Waals surface area contributed by atoms with E-state index in [0.717, 1.165) is 24.3 Å². The molecule has 0 fully saturated rings. The Bertz CT molecular complexity index is 554. The van der Waals surface area contributed by atoms with Crippen LogP contribution in [0, 0.1) is 0 Å². The Morgan fingerprint density at radius 2 is 2.06 bits per heavy atom. The summed E-state index contributed by atoms with van der Waals surface area (Å²) in [6, 6.07) is 0. The Morgan fingerprint density at radius 3 is 2.94 bits per heavy atom. The Kier molecular flexibility index (Phi) is 3.32. The summed E-state index contributed by atoms with van der Waals surface area (Å²) in [5.41, 5.74) is 4.91. The zero-order valence-corrected chi connectivity index (χ0v) is 11.5. The van der Waals surface area contributed by atoms with E-state index >= 15 is 0 Å². The molecule has 3 aliphatic carbocycles. The van der Waals surface area contributed by atoms with Crippen molar-refractivity contribution in [2.45, 2.75) is 24.6 Å². The molecule has 3 rings (SSSR count). The molecule has 3 aliphatic rings. The lowest BCUT2D eigenvalue weighted by Crippen LogP contribution is -2.10. The van der Waals surface area contributed by atoms with Gasteiger partial charge in [-0.1, -0.05) is 48.1 Å². The van der Waals surface area contributed by atoms with Gasteiger partial charge in [-0.3, -0.25) is 0 Å². The fourth-order valence-electron chi connectivity index (χ4n) is 2.56. The molecule has 0 aromatic heterocycles. The lowest BCUT2D eigenvalue weighted by molar-refractivity contribution is 0.954. The lowest BCUT2D eigenvalue weighted by Gasteiger charge is -2.23. The molecule has 0 aromatic rings. The fourth-order valence-corrected chi connectivity index (χ4v) is 3.11. The average Bonchev–Trinajstić information content (AvgIpc) is 2.38. The zero-order valence-electron chi connectivity index (χ0n) is 10.00. The molecule has 0 radical (unpaired) electrons. The molecule has 2 heteroatoms. The van der Waals surface area contributed by atoms with Gasteiger partial charge >= 0.3 is 0 Å². The van der Waals surface area contributed by atoms with Gasteiger partial charge in [0.15, 0.2) is 0 Å². The van der Waals surface area contributed by atoms with E-state index in [0.29, 0.717) is 0 Å². The summed E-state index contributed by atoms with van der Waals surface area (Å²) in [6.07, 6.45) is 17.7. The van der Waals surface area contributed by atoms with E-state index in [2.05, 4.69) is 42.5 Å². The number of halogens is 2. The third kappa shape index (κ3) is 2.15. The third-order valence-corrected chi connectivity index (χ3v) is 4.29. The van der Waals surface area contributed by atoms with Gasteiger partial charge < -0.3 is 0 Å². The van der Waals surface area contributed by atoms with E-state index < -0.39 is 0 Å². The van der Waals surface area contributed by atoms with Gasteiger partial charge in [-0.15, -0.1) is 11.6 Å². The van der Waals surface area contributed by atoms with Crippen LogP contribution in [0.2, 0.25) is 0 Å². The third-order valence-electron chi connectivity index (χ3n) is 3.52. The van der Waals surface area contributed by atoms with Gasteiger partial charge in [-0.25, -0.2) is 0 Å². The molecule has 0 aliphatic heterocycles. The topological polar surface area (TPSA) is 0 Å². The van der Waals surface area contributed by atoms with Crippen molar-refractivity contribution in [2.24, 2.45) is 0 Å². The number of rotatable bonds is 0. The first-order chi connectivity index (χ1) is 8.75. The summed E-state index contributed by atoms with van der Waals surface area (Å²) >= 11 is 12.8. The highest BCUT2D eigenvalue weighted by Gasteiger charge is 2.20. The molecule has 0 aromatic carbocycles. The smallest absolute Gasteiger partial charge is 0.0622 e. The molecule has 0 nitrogen and oxygen atoms in total. The van der Waals surface area contributed by atoms with E-state index in [-0.39, 0.29) is 5.38 Å². The van der Waals surface area contributed by atoms with Crippen molar-refractivity contribution in [3.63, 3.8) is 0 Å². The summed E-state index contributed by atoms with van der Waals surface area (Å²) in [7, 11) is 0. The maximum atomic E-state index is 6.47. The van der Waals surface area contributed by atoms with Crippen LogP contribution in [0.25, 0.3) is 0 Å². The van der Waals surface area contributed by atoms with Crippen LogP contribution >= 0.6 is 23.2 Å². The van der Waals surface area contributed by atoms with Crippen LogP contribution in [-0.2, 0) is 0 Å². The molecule has 92 valence electrons. The summed E-state index contributed by atoms with van der Waals surface area (Å²) in [5.74, 6) is 0. The van der Waals surface area contributed by atoms with Crippen molar-refractivity contribution >= 4 is 23.2 Å². The molecule has 0 bridgehead atoms. The van der Waals surface area contributed by atoms with Crippen molar-refractivity contribution in [3.8, 4) is 0 Å². The molecule has 0 amide bonds. The van der Waals surface area contributed by atoms with Crippen molar-refractivity contribution < 1.29 is 0 Å². The van der Waals surface area contributed by atoms with Crippen LogP contribution in [0.1, 0.15) is 19.3 Å². The quantitative estimate of drug-likeness (QED) is 0.534. The first-order valence-electron chi connectivity index (χ1n) is 6.23. The highest BCUT2D eigenvalue weighted by Crippen LogP contribution is 2.36. The molecule has 1 unspecified atom stereocenters. The van der Waals surface area contributed by atoms with E-state index in [1.807, 2.05) is 0 Å². The van der Waals surface area contributed by atoms with Gasteiger partial charge in [0.2, 0.25) is 0 Å². The second kappa shape index (κ2) is 4.95. The monoisotopic (exact) mass is 276 g/mol. The first-order valence-corrected chi connectivity index (χ1v) is 7.04. The van der Waals surface area contributed by atoms with Gasteiger partial charge in [-0.05, 0) is 41.2 Å². The van der Waals surface area contributed by atoms with Gasteiger partial charge in [0.05, 0.1) is 5.38 Å².